The topological polar surface area (TPSA) is 56.7 Å². The van der Waals surface area contributed by atoms with E-state index in [-0.39, 0.29) is 5.41 Å². The van der Waals surface area contributed by atoms with Crippen LogP contribution in [-0.4, -0.2) is 19.5 Å². The Morgan fingerprint density at radius 3 is 2.13 bits per heavy atom. The van der Waals surface area contributed by atoms with Gasteiger partial charge < -0.3 is 8.98 Å². The molecule has 0 fully saturated rings. The Balaban J connectivity index is 1.22. The van der Waals surface area contributed by atoms with Gasteiger partial charge in [0.2, 0.25) is 0 Å². The first-order valence-corrected chi connectivity index (χ1v) is 18.0. The summed E-state index contributed by atoms with van der Waals surface area (Å²) in [5.74, 6) is 0.682. The highest BCUT2D eigenvalue weighted by Crippen LogP contribution is 2.53. The molecular formula is C48H32N4O. The highest BCUT2D eigenvalue weighted by molar-refractivity contribution is 6.25. The molecule has 4 heterocycles. The zero-order chi connectivity index (χ0) is 35.3. The number of rotatable bonds is 4. The number of furan rings is 1. The molecule has 0 radical (unpaired) electrons. The van der Waals surface area contributed by atoms with Crippen LogP contribution in [0.1, 0.15) is 25.0 Å². The Kier molecular flexibility index (Phi) is 6.23. The van der Waals surface area contributed by atoms with Crippen LogP contribution < -0.4 is 0 Å². The summed E-state index contributed by atoms with van der Waals surface area (Å²) in [5, 5.41) is 4.56. The lowest BCUT2D eigenvalue weighted by molar-refractivity contribution is 0.655. The molecule has 0 bridgehead atoms. The second kappa shape index (κ2) is 11.1. The quantitative estimate of drug-likeness (QED) is 0.186. The fourth-order valence-corrected chi connectivity index (χ4v) is 8.69. The Bertz CT molecular complexity index is 3080. The Hall–Kier alpha value is -6.85. The maximum absolute atomic E-state index is 6.98. The summed E-state index contributed by atoms with van der Waals surface area (Å²) in [6.45, 7) is 4.57. The summed E-state index contributed by atoms with van der Waals surface area (Å²) < 4.78 is 9.36. The van der Waals surface area contributed by atoms with E-state index < -0.39 is 0 Å². The lowest BCUT2D eigenvalue weighted by Crippen LogP contribution is -2.17. The highest BCUT2D eigenvalue weighted by Gasteiger charge is 2.40. The normalized spacial score (nSPS) is 13.2. The third-order valence-corrected chi connectivity index (χ3v) is 11.1. The molecule has 0 saturated carbocycles. The van der Waals surface area contributed by atoms with Crippen LogP contribution in [0.2, 0.25) is 0 Å². The molecule has 0 aliphatic heterocycles. The molecule has 11 rings (SSSR count). The number of hydrogen-bond donors (Lipinski definition) is 0. The van der Waals surface area contributed by atoms with Crippen molar-refractivity contribution in [1.29, 1.82) is 0 Å². The average molecular weight is 681 g/mol. The Labute approximate surface area is 305 Å². The predicted octanol–water partition coefficient (Wildman–Crippen LogP) is 12.2. The molecular weight excluding hydrogens is 649 g/mol. The first kappa shape index (κ1) is 29.8. The standard InChI is InChI=1S/C48H32N4O/c1-48(2)38-20-8-6-17-35(38)43-42(48)44(51-47(50-43)31-13-10-12-30(28-31)29-24-26-49-27-25-29)37-19-11-18-36-41-40(53-46(36)37)23-22-34-33-16-7-9-21-39(33)52(45(34)41)32-14-4-3-5-15-32/h3-28H,1-2H3. The first-order chi connectivity index (χ1) is 26.1. The van der Waals surface area contributed by atoms with Gasteiger partial charge in [0.05, 0.1) is 27.8 Å². The molecule has 6 aromatic carbocycles. The first-order valence-electron chi connectivity index (χ1n) is 18.0. The van der Waals surface area contributed by atoms with Gasteiger partial charge in [-0.15, -0.1) is 0 Å². The SMILES string of the molecule is CC1(C)c2ccccc2-c2nc(-c3cccc(-c4ccncc4)c3)nc(-c3cccc4c3oc3ccc5c6ccccc6n(-c6ccccc6)c5c34)c21. The van der Waals surface area contributed by atoms with Crippen LogP contribution in [0, 0.1) is 0 Å². The predicted molar refractivity (Wildman–Crippen MR) is 215 cm³/mol. The molecule has 0 atom stereocenters. The van der Waals surface area contributed by atoms with Crippen molar-refractivity contribution in [2.45, 2.75) is 19.3 Å². The second-order valence-electron chi connectivity index (χ2n) is 14.4. The van der Waals surface area contributed by atoms with Gasteiger partial charge in [-0.2, -0.15) is 0 Å². The summed E-state index contributed by atoms with van der Waals surface area (Å²) in [6, 6.07) is 51.3. The van der Waals surface area contributed by atoms with Gasteiger partial charge in [-0.25, -0.2) is 9.97 Å². The number of aromatic nitrogens is 4. The number of fused-ring (bicyclic) bond motifs is 10. The number of benzene rings is 6. The van der Waals surface area contributed by atoms with E-state index in [0.29, 0.717) is 5.82 Å². The van der Waals surface area contributed by atoms with Crippen LogP contribution in [0.5, 0.6) is 0 Å². The van der Waals surface area contributed by atoms with Crippen LogP contribution in [0.25, 0.3) is 94.5 Å². The molecule has 0 N–H and O–H groups in total. The van der Waals surface area contributed by atoms with Gasteiger partial charge in [0, 0.05) is 61.9 Å². The highest BCUT2D eigenvalue weighted by atomic mass is 16.3. The molecule has 10 aromatic rings. The molecule has 5 nitrogen and oxygen atoms in total. The minimum Gasteiger partial charge on any atom is -0.455 e. The third-order valence-electron chi connectivity index (χ3n) is 11.1. The van der Waals surface area contributed by atoms with Gasteiger partial charge in [-0.3, -0.25) is 4.98 Å². The molecule has 0 spiro atoms. The van der Waals surface area contributed by atoms with Gasteiger partial charge >= 0.3 is 0 Å². The molecule has 4 aromatic heterocycles. The summed E-state index contributed by atoms with van der Waals surface area (Å²) in [5.41, 5.74) is 14.2. The number of para-hydroxylation sites is 3. The molecule has 5 heteroatoms. The Morgan fingerprint density at radius 1 is 0.566 bits per heavy atom. The van der Waals surface area contributed by atoms with E-state index in [9.17, 15) is 0 Å². The zero-order valence-electron chi connectivity index (χ0n) is 29.2. The summed E-state index contributed by atoms with van der Waals surface area (Å²) in [7, 11) is 0. The minimum absolute atomic E-state index is 0.333. The fourth-order valence-electron chi connectivity index (χ4n) is 8.69. The smallest absolute Gasteiger partial charge is 0.160 e. The maximum atomic E-state index is 6.98. The van der Waals surface area contributed by atoms with E-state index in [4.69, 9.17) is 14.4 Å². The van der Waals surface area contributed by atoms with Crippen molar-refractivity contribution in [3.05, 3.63) is 169 Å². The molecule has 0 amide bonds. The van der Waals surface area contributed by atoms with Gasteiger partial charge in [0.15, 0.2) is 5.82 Å². The molecule has 1 aliphatic carbocycles. The van der Waals surface area contributed by atoms with Crippen LogP contribution in [0.4, 0.5) is 0 Å². The van der Waals surface area contributed by atoms with E-state index in [0.717, 1.165) is 77.9 Å². The van der Waals surface area contributed by atoms with Crippen LogP contribution in [0.3, 0.4) is 0 Å². The number of nitrogens with zero attached hydrogens (tertiary/aromatic N) is 4. The van der Waals surface area contributed by atoms with E-state index in [2.05, 4.69) is 157 Å². The summed E-state index contributed by atoms with van der Waals surface area (Å²) >= 11 is 0. The molecule has 53 heavy (non-hydrogen) atoms. The van der Waals surface area contributed by atoms with Crippen molar-refractivity contribution in [2.75, 3.05) is 0 Å². The van der Waals surface area contributed by atoms with Crippen LogP contribution in [-0.2, 0) is 5.41 Å². The van der Waals surface area contributed by atoms with Crippen molar-refractivity contribution in [2.24, 2.45) is 0 Å². The lowest BCUT2D eigenvalue weighted by atomic mass is 9.80. The van der Waals surface area contributed by atoms with Crippen molar-refractivity contribution in [1.82, 2.24) is 19.5 Å². The Morgan fingerprint density at radius 2 is 1.26 bits per heavy atom. The van der Waals surface area contributed by atoms with Gasteiger partial charge in [-0.05, 0) is 71.3 Å². The second-order valence-corrected chi connectivity index (χ2v) is 14.4. The molecule has 0 saturated heterocycles. The molecule has 0 unspecified atom stereocenters. The van der Waals surface area contributed by atoms with E-state index in [1.54, 1.807) is 0 Å². The molecule has 250 valence electrons. The van der Waals surface area contributed by atoms with Crippen molar-refractivity contribution >= 4 is 43.7 Å². The van der Waals surface area contributed by atoms with Gasteiger partial charge in [0.25, 0.3) is 0 Å². The average Bonchev–Trinajstić information content (AvgIpc) is 3.84. The lowest BCUT2D eigenvalue weighted by Gasteiger charge is -2.23. The van der Waals surface area contributed by atoms with Gasteiger partial charge in [-0.1, -0.05) is 105 Å². The number of pyridine rings is 1. The minimum atomic E-state index is -0.333. The van der Waals surface area contributed by atoms with E-state index in [1.807, 2.05) is 24.5 Å². The van der Waals surface area contributed by atoms with Crippen molar-refractivity contribution in [3.8, 4) is 50.7 Å². The largest absolute Gasteiger partial charge is 0.455 e. The third kappa shape index (κ3) is 4.28. The zero-order valence-corrected chi connectivity index (χ0v) is 29.2. The van der Waals surface area contributed by atoms with Crippen LogP contribution in [0.15, 0.2) is 162 Å². The van der Waals surface area contributed by atoms with E-state index >= 15 is 0 Å². The fraction of sp³-hybridized carbons (Fsp3) is 0.0625. The molecule has 1 aliphatic rings. The van der Waals surface area contributed by atoms with E-state index in [1.165, 1.54) is 21.9 Å². The van der Waals surface area contributed by atoms with Crippen molar-refractivity contribution in [3.63, 3.8) is 0 Å². The van der Waals surface area contributed by atoms with Crippen LogP contribution >= 0.6 is 0 Å². The monoisotopic (exact) mass is 680 g/mol. The summed E-state index contributed by atoms with van der Waals surface area (Å²) in [4.78, 5) is 15.1. The summed E-state index contributed by atoms with van der Waals surface area (Å²) in [6.07, 6.45) is 3.65. The van der Waals surface area contributed by atoms with Gasteiger partial charge in [0.1, 0.15) is 11.2 Å². The van der Waals surface area contributed by atoms with Crippen molar-refractivity contribution < 1.29 is 4.42 Å². The number of hydrogen-bond acceptors (Lipinski definition) is 4. The maximum Gasteiger partial charge on any atom is 0.160 e.